The number of fused-ring (bicyclic) bond motifs is 3. The predicted molar refractivity (Wildman–Crippen MR) is 193 cm³/mol. The summed E-state index contributed by atoms with van der Waals surface area (Å²) in [6, 6.07) is 37.3. The Morgan fingerprint density at radius 3 is 1.48 bits per heavy atom. The van der Waals surface area contributed by atoms with Crippen molar-refractivity contribution < 1.29 is 21.3 Å². The molecule has 0 heterocycles. The molecule has 0 atom stereocenters. The number of anilines is 2. The fourth-order valence-corrected chi connectivity index (χ4v) is 16.0. The Labute approximate surface area is 284 Å². The van der Waals surface area contributed by atoms with Gasteiger partial charge in [0.15, 0.2) is 0 Å². The molecule has 2 aliphatic carbocycles. The minimum Gasteiger partial charge on any atom is -0.147 e. The molecule has 6 rings (SSSR count). The largest absolute Gasteiger partial charge is 0.147 e. The molecule has 0 bridgehead atoms. The van der Waals surface area contributed by atoms with Gasteiger partial charge in [0.25, 0.3) is 0 Å². The standard InChI is InChI=1S/C21H27N2.C13H10.C5H5.2ClH.Zr/c1-5-22(6-2)18-11-9-16-13-17-10-12-19(23(7-3)8-4)15-21(17)20(16)14-18;1-3-7-12(8-4-1)11-13-9-5-2-6-10-13;1-2-4-5-3-1;;;/h9-15H,5-8H2,1-4H3;1-10H;1-3H,4H2;2*1H;. The monoisotopic (exact) mass is 700 g/mol. The fourth-order valence-electron chi connectivity index (χ4n) is 6.93. The van der Waals surface area contributed by atoms with E-state index in [0.717, 1.165) is 32.6 Å². The minimum atomic E-state index is -2.64. The Morgan fingerprint density at radius 2 is 1.09 bits per heavy atom. The van der Waals surface area contributed by atoms with Crippen LogP contribution in [0.15, 0.2) is 119 Å². The van der Waals surface area contributed by atoms with E-state index >= 15 is 0 Å². The zero-order valence-corrected chi connectivity index (χ0v) is 30.4. The Hall–Kier alpha value is -2.71. The third kappa shape index (κ3) is 6.48. The Morgan fingerprint density at radius 1 is 0.636 bits per heavy atom. The number of benzene rings is 4. The smallest absolute Gasteiger partial charge is 0.147 e. The van der Waals surface area contributed by atoms with Crippen LogP contribution in [0.3, 0.4) is 0 Å². The average Bonchev–Trinajstić information content (AvgIpc) is 3.69. The van der Waals surface area contributed by atoms with Crippen molar-refractivity contribution in [2.75, 3.05) is 36.0 Å². The molecule has 0 aromatic heterocycles. The van der Waals surface area contributed by atoms with Crippen LogP contribution in [0.2, 0.25) is 0 Å². The van der Waals surface area contributed by atoms with Crippen LogP contribution in [0.25, 0.3) is 11.1 Å². The molecule has 2 nitrogen and oxygen atoms in total. The maximum absolute atomic E-state index is 2.64. The van der Waals surface area contributed by atoms with E-state index in [1.807, 2.05) is 0 Å². The summed E-state index contributed by atoms with van der Waals surface area (Å²) in [6.45, 7) is 13.1. The number of halogens is 2. The zero-order chi connectivity index (χ0) is 29.1. The number of rotatable bonds is 10. The molecule has 5 heteroatoms. The molecular formula is C39H44Cl2N2Zr. The molecule has 0 radical (unpaired) electrons. The maximum Gasteiger partial charge on any atom is -0.147 e. The first-order valence-electron chi connectivity index (χ1n) is 15.7. The maximum atomic E-state index is 2.50. The topological polar surface area (TPSA) is 6.48 Å². The Kier molecular flexibility index (Phi) is 12.1. The minimum absolute atomic E-state index is 0. The van der Waals surface area contributed by atoms with Crippen molar-refractivity contribution in [3.8, 4) is 11.1 Å². The second-order valence-corrected chi connectivity index (χ2v) is 17.4. The van der Waals surface area contributed by atoms with Gasteiger partial charge >= 0.3 is 262 Å². The van der Waals surface area contributed by atoms with Gasteiger partial charge in [-0.05, 0) is 0 Å². The summed E-state index contributed by atoms with van der Waals surface area (Å²) in [7, 11) is 0. The van der Waals surface area contributed by atoms with Crippen molar-refractivity contribution in [2.45, 2.75) is 37.7 Å². The van der Waals surface area contributed by atoms with E-state index in [1.54, 1.807) is 6.49 Å². The van der Waals surface area contributed by atoms with Crippen molar-refractivity contribution in [1.82, 2.24) is 0 Å². The van der Waals surface area contributed by atoms with E-state index < -0.39 is 21.3 Å². The van der Waals surface area contributed by atoms with Crippen molar-refractivity contribution in [3.63, 3.8) is 0 Å². The van der Waals surface area contributed by atoms with Crippen LogP contribution in [0.1, 0.15) is 60.0 Å². The summed E-state index contributed by atoms with van der Waals surface area (Å²) < 4.78 is 3.72. The van der Waals surface area contributed by atoms with Crippen LogP contribution in [-0.2, 0) is 21.3 Å². The molecule has 0 fully saturated rings. The summed E-state index contributed by atoms with van der Waals surface area (Å²) in [5, 5.41) is 0. The van der Waals surface area contributed by atoms with E-state index in [-0.39, 0.29) is 24.8 Å². The van der Waals surface area contributed by atoms with Gasteiger partial charge in [-0.1, -0.05) is 0 Å². The molecular weight excluding hydrogens is 659 g/mol. The van der Waals surface area contributed by atoms with Gasteiger partial charge in [0.2, 0.25) is 0 Å². The van der Waals surface area contributed by atoms with Crippen molar-refractivity contribution in [1.29, 1.82) is 0 Å². The summed E-state index contributed by atoms with van der Waals surface area (Å²) >= 11 is -2.64. The van der Waals surface area contributed by atoms with Crippen LogP contribution < -0.4 is 9.80 Å². The number of nitrogens with zero attached hydrogens (tertiary/aromatic N) is 2. The number of hydrogen-bond donors (Lipinski definition) is 0. The first-order chi connectivity index (χ1) is 20.7. The Balaban J connectivity index is 0.00000221. The molecule has 0 aliphatic heterocycles. The summed E-state index contributed by atoms with van der Waals surface area (Å²) in [6.07, 6.45) is 8.21. The molecule has 0 spiro atoms. The van der Waals surface area contributed by atoms with E-state index in [1.165, 1.54) is 44.8 Å². The van der Waals surface area contributed by atoms with Gasteiger partial charge in [0, 0.05) is 0 Å². The van der Waals surface area contributed by atoms with Crippen LogP contribution in [-0.4, -0.2) is 29.4 Å². The van der Waals surface area contributed by atoms with Crippen LogP contribution in [0, 0.1) is 0 Å². The van der Waals surface area contributed by atoms with E-state index in [0.29, 0.717) is 3.63 Å². The summed E-state index contributed by atoms with van der Waals surface area (Å²) in [4.78, 5) is 4.96. The van der Waals surface area contributed by atoms with E-state index in [2.05, 4.69) is 153 Å². The molecule has 4 aromatic rings. The van der Waals surface area contributed by atoms with Gasteiger partial charge in [0.05, 0.1) is 0 Å². The third-order valence-electron chi connectivity index (χ3n) is 9.04. The number of hydrogen-bond acceptors (Lipinski definition) is 2. The SMILES string of the molecule is CCN(CC)c1ccc2c(c1)-c1cc(N(CC)CC)ccc1[CH]2[Zr]([C]1=CC=CC1)=[C](c1ccccc1)c1ccccc1.Cl.Cl. The summed E-state index contributed by atoms with van der Waals surface area (Å²) in [5.41, 5.74) is 11.4. The average molecular weight is 703 g/mol. The van der Waals surface area contributed by atoms with Gasteiger partial charge in [-0.3, -0.25) is 0 Å². The van der Waals surface area contributed by atoms with Crippen LogP contribution in [0.4, 0.5) is 11.4 Å². The third-order valence-corrected chi connectivity index (χ3v) is 17.3. The first-order valence-corrected chi connectivity index (χ1v) is 19.5. The van der Waals surface area contributed by atoms with Crippen molar-refractivity contribution in [2.24, 2.45) is 0 Å². The van der Waals surface area contributed by atoms with E-state index in [4.69, 9.17) is 0 Å². The van der Waals surface area contributed by atoms with Gasteiger partial charge in [-0.2, -0.15) is 0 Å². The van der Waals surface area contributed by atoms with Crippen LogP contribution >= 0.6 is 24.8 Å². The second kappa shape index (κ2) is 15.5. The van der Waals surface area contributed by atoms with Crippen molar-refractivity contribution in [3.05, 3.63) is 141 Å². The molecule has 2 aliphatic rings. The molecule has 0 amide bonds. The normalized spacial score (nSPS) is 12.9. The molecule has 0 unspecified atom stereocenters. The molecule has 0 N–H and O–H groups in total. The fraction of sp³-hybridized carbons (Fsp3) is 0.256. The first kappa shape index (κ1) is 34.2. The van der Waals surface area contributed by atoms with Gasteiger partial charge in [-0.15, -0.1) is 24.8 Å². The summed E-state index contributed by atoms with van der Waals surface area (Å²) in [5.74, 6) is 0. The zero-order valence-electron chi connectivity index (χ0n) is 26.3. The Bertz CT molecular complexity index is 1550. The molecule has 44 heavy (non-hydrogen) atoms. The predicted octanol–water partition coefficient (Wildman–Crippen LogP) is 10.0. The molecule has 4 aromatic carbocycles. The van der Waals surface area contributed by atoms with Gasteiger partial charge < -0.3 is 0 Å². The molecule has 0 saturated heterocycles. The van der Waals surface area contributed by atoms with Gasteiger partial charge in [-0.25, -0.2) is 0 Å². The van der Waals surface area contributed by atoms with Crippen LogP contribution in [0.5, 0.6) is 0 Å². The van der Waals surface area contributed by atoms with E-state index in [9.17, 15) is 0 Å². The quantitative estimate of drug-likeness (QED) is 0.162. The number of allylic oxidation sites excluding steroid dienone is 4. The second-order valence-electron chi connectivity index (χ2n) is 11.2. The van der Waals surface area contributed by atoms with Crippen molar-refractivity contribution >= 4 is 39.4 Å². The molecule has 228 valence electrons. The van der Waals surface area contributed by atoms with Gasteiger partial charge in [0.1, 0.15) is 0 Å². The molecule has 0 saturated carbocycles.